The lowest BCUT2D eigenvalue weighted by atomic mass is 10.0. The fourth-order valence-electron chi connectivity index (χ4n) is 3.70. The molecule has 12 heteroatoms. The van der Waals surface area contributed by atoms with Crippen LogP contribution in [0.15, 0.2) is 64.2 Å². The van der Waals surface area contributed by atoms with Gasteiger partial charge in [0.15, 0.2) is 5.96 Å². The molecule has 3 rings (SSSR count). The Morgan fingerprint density at radius 3 is 2.39 bits per heavy atom. The van der Waals surface area contributed by atoms with Crippen molar-refractivity contribution >= 4 is 50.5 Å². The summed E-state index contributed by atoms with van der Waals surface area (Å²) in [5.74, 6) is -1.98. The molecule has 0 bridgehead atoms. The Morgan fingerprint density at radius 1 is 1.00 bits per heavy atom. The number of hydrogen-bond acceptors (Lipinski definition) is 5. The largest absolute Gasteiger partial charge is 0.370 e. The summed E-state index contributed by atoms with van der Waals surface area (Å²) in [5.41, 5.74) is 24.4. The number of halogens is 1. The highest BCUT2D eigenvalue weighted by molar-refractivity contribution is 9.10. The fourth-order valence-corrected chi connectivity index (χ4v) is 4.06. The number of aromatic amines is 1. The number of carbonyl (C=O) groups is 3. The van der Waals surface area contributed by atoms with Gasteiger partial charge in [-0.25, -0.2) is 0 Å². The maximum absolute atomic E-state index is 13.4. The molecule has 0 aliphatic carbocycles. The average Bonchev–Trinajstić information content (AvgIpc) is 3.23. The molecular weight excluding hydrogens is 528 g/mol. The van der Waals surface area contributed by atoms with Crippen LogP contribution in [0.5, 0.6) is 0 Å². The number of carbonyl (C=O) groups excluding carboxylic acids is 3. The first-order valence-electron chi connectivity index (χ1n) is 11.2. The molecule has 11 N–H and O–H groups in total. The zero-order valence-corrected chi connectivity index (χ0v) is 21.0. The van der Waals surface area contributed by atoms with Gasteiger partial charge in [-0.3, -0.25) is 19.4 Å². The van der Waals surface area contributed by atoms with Crippen LogP contribution in [0.25, 0.3) is 10.9 Å². The Morgan fingerprint density at radius 2 is 1.72 bits per heavy atom. The van der Waals surface area contributed by atoms with E-state index in [4.69, 9.17) is 22.9 Å². The number of hydrogen-bond donors (Lipinski definition) is 7. The van der Waals surface area contributed by atoms with Crippen LogP contribution in [0.2, 0.25) is 0 Å². The van der Waals surface area contributed by atoms with Crippen molar-refractivity contribution in [1.82, 2.24) is 15.6 Å². The van der Waals surface area contributed by atoms with E-state index in [-0.39, 0.29) is 25.3 Å². The number of fused-ring (bicyclic) bond motifs is 1. The van der Waals surface area contributed by atoms with Gasteiger partial charge in [0.05, 0.1) is 6.04 Å². The van der Waals surface area contributed by atoms with Crippen LogP contribution in [0.3, 0.4) is 0 Å². The van der Waals surface area contributed by atoms with Crippen molar-refractivity contribution in [3.63, 3.8) is 0 Å². The minimum Gasteiger partial charge on any atom is -0.370 e. The predicted molar refractivity (Wildman–Crippen MR) is 141 cm³/mol. The molecule has 0 aliphatic rings. The van der Waals surface area contributed by atoms with Crippen LogP contribution >= 0.6 is 15.9 Å². The van der Waals surface area contributed by atoms with E-state index in [2.05, 4.69) is 36.5 Å². The van der Waals surface area contributed by atoms with Gasteiger partial charge in [-0.05, 0) is 35.7 Å². The number of H-pyrrole nitrogens is 1. The van der Waals surface area contributed by atoms with Gasteiger partial charge in [-0.15, -0.1) is 0 Å². The number of benzene rings is 2. The fraction of sp³-hybridized carbons (Fsp3) is 0.250. The molecule has 1 aromatic heterocycles. The second-order valence-electron chi connectivity index (χ2n) is 8.23. The lowest BCUT2D eigenvalue weighted by Gasteiger charge is -2.23. The van der Waals surface area contributed by atoms with Crippen LogP contribution in [0.4, 0.5) is 0 Å². The van der Waals surface area contributed by atoms with E-state index >= 15 is 0 Å². The monoisotopic (exact) mass is 556 g/mol. The summed E-state index contributed by atoms with van der Waals surface area (Å²) >= 11 is 3.46. The van der Waals surface area contributed by atoms with Gasteiger partial charge < -0.3 is 38.6 Å². The molecule has 0 aliphatic heterocycles. The molecule has 3 aromatic rings. The number of rotatable bonds is 11. The molecule has 0 spiro atoms. The Bertz CT molecular complexity index is 1260. The van der Waals surface area contributed by atoms with E-state index < -0.39 is 35.8 Å². The number of nitrogens with two attached hydrogens (primary N) is 4. The van der Waals surface area contributed by atoms with Crippen LogP contribution in [0.1, 0.15) is 23.6 Å². The summed E-state index contributed by atoms with van der Waals surface area (Å²) in [5, 5.41) is 6.24. The summed E-state index contributed by atoms with van der Waals surface area (Å²) in [6.07, 6.45) is 2.08. The smallest absolute Gasteiger partial charge is 0.244 e. The van der Waals surface area contributed by atoms with Crippen LogP contribution in [0, 0.1) is 0 Å². The van der Waals surface area contributed by atoms with Crippen molar-refractivity contribution in [2.45, 2.75) is 31.0 Å². The number of nitrogens with zero attached hydrogens (tertiary/aromatic N) is 1. The minimum absolute atomic E-state index is 0.108. The standard InChI is InChI=1S/C24H29BrN8O3/c25-15-6-7-18-16(11-15)14(12-31-18)10-19(32-22(35)17(26)8-9-30-24(28)29)23(36)33-20(21(27)34)13-4-2-1-3-5-13/h1-7,11-12,17,19-20,31H,8-10,26H2,(H2,27,34)(H,32,35)(H,33,36)(H4,28,29,30)/t17-,19-,20-/m0/s1. The van der Waals surface area contributed by atoms with E-state index in [1.54, 1.807) is 36.5 Å². The third-order valence-electron chi connectivity index (χ3n) is 5.56. The predicted octanol–water partition coefficient (Wildman–Crippen LogP) is 0.291. The van der Waals surface area contributed by atoms with Gasteiger partial charge in [-0.2, -0.15) is 0 Å². The van der Waals surface area contributed by atoms with Crippen molar-refractivity contribution in [3.05, 3.63) is 70.3 Å². The topological polar surface area (TPSA) is 208 Å². The summed E-state index contributed by atoms with van der Waals surface area (Å²) in [6.45, 7) is 0.155. The van der Waals surface area contributed by atoms with E-state index in [9.17, 15) is 14.4 Å². The summed E-state index contributed by atoms with van der Waals surface area (Å²) in [7, 11) is 0. The molecule has 11 nitrogen and oxygen atoms in total. The van der Waals surface area contributed by atoms with Crippen LogP contribution in [-0.2, 0) is 20.8 Å². The highest BCUT2D eigenvalue weighted by atomic mass is 79.9. The lowest BCUT2D eigenvalue weighted by Crippen LogP contribution is -2.54. The molecule has 36 heavy (non-hydrogen) atoms. The molecule has 3 amide bonds. The first kappa shape index (κ1) is 26.7. The Labute approximate surface area is 216 Å². The van der Waals surface area contributed by atoms with E-state index in [1.165, 1.54) is 0 Å². The van der Waals surface area contributed by atoms with Gasteiger partial charge in [0.2, 0.25) is 17.7 Å². The SMILES string of the molecule is NC(=O)[C@@H](NC(=O)[C@H](Cc1c[nH]c2ccc(Br)cc12)NC(=O)[C@@H](N)CCN=C(N)N)c1ccccc1. The van der Waals surface area contributed by atoms with Crippen molar-refractivity contribution < 1.29 is 14.4 Å². The Hall–Kier alpha value is -3.90. The number of amides is 3. The number of aliphatic imine (C=N–C) groups is 1. The summed E-state index contributed by atoms with van der Waals surface area (Å²) in [4.78, 5) is 45.3. The second-order valence-corrected chi connectivity index (χ2v) is 9.14. The van der Waals surface area contributed by atoms with E-state index in [1.807, 2.05) is 18.2 Å². The number of guanidine groups is 1. The molecule has 3 atom stereocenters. The van der Waals surface area contributed by atoms with Crippen LogP contribution in [-0.4, -0.2) is 47.3 Å². The Kier molecular flexibility index (Phi) is 9.03. The van der Waals surface area contributed by atoms with E-state index in [0.29, 0.717) is 5.56 Å². The number of nitrogens with one attached hydrogen (secondary N) is 3. The quantitative estimate of drug-likeness (QED) is 0.130. The minimum atomic E-state index is -1.08. The highest BCUT2D eigenvalue weighted by Gasteiger charge is 2.29. The maximum Gasteiger partial charge on any atom is 0.244 e. The molecule has 1 heterocycles. The first-order chi connectivity index (χ1) is 17.2. The molecule has 0 saturated carbocycles. The van der Waals surface area contributed by atoms with Crippen molar-refractivity contribution in [2.75, 3.05) is 6.54 Å². The second kappa shape index (κ2) is 12.2. The first-order valence-corrected chi connectivity index (χ1v) is 12.0. The highest BCUT2D eigenvalue weighted by Crippen LogP contribution is 2.24. The molecule has 0 fully saturated rings. The van der Waals surface area contributed by atoms with Gasteiger partial charge in [0, 0.05) is 34.5 Å². The number of primary amides is 1. The zero-order valence-electron chi connectivity index (χ0n) is 19.4. The lowest BCUT2D eigenvalue weighted by molar-refractivity contribution is -0.131. The average molecular weight is 557 g/mol. The van der Waals surface area contributed by atoms with Crippen molar-refractivity contribution in [1.29, 1.82) is 0 Å². The van der Waals surface area contributed by atoms with Gasteiger partial charge >= 0.3 is 0 Å². The Balaban J connectivity index is 1.84. The summed E-state index contributed by atoms with van der Waals surface area (Å²) < 4.78 is 0.862. The molecule has 2 aromatic carbocycles. The third-order valence-corrected chi connectivity index (χ3v) is 6.06. The molecule has 0 unspecified atom stereocenters. The normalized spacial score (nSPS) is 13.4. The molecule has 0 saturated heterocycles. The van der Waals surface area contributed by atoms with Gasteiger partial charge in [0.1, 0.15) is 12.1 Å². The maximum atomic E-state index is 13.4. The third kappa shape index (κ3) is 7.06. The van der Waals surface area contributed by atoms with Crippen molar-refractivity contribution in [3.8, 4) is 0 Å². The van der Waals surface area contributed by atoms with Gasteiger partial charge in [0.25, 0.3) is 0 Å². The van der Waals surface area contributed by atoms with Gasteiger partial charge in [-0.1, -0.05) is 46.3 Å². The number of aromatic nitrogens is 1. The van der Waals surface area contributed by atoms with Crippen LogP contribution < -0.4 is 33.6 Å². The van der Waals surface area contributed by atoms with E-state index in [0.717, 1.165) is 20.9 Å². The molecule has 190 valence electrons. The van der Waals surface area contributed by atoms with Crippen molar-refractivity contribution in [2.24, 2.45) is 27.9 Å². The molecular formula is C24H29BrN8O3. The zero-order chi connectivity index (χ0) is 26.2. The molecule has 0 radical (unpaired) electrons. The summed E-state index contributed by atoms with van der Waals surface area (Å²) in [6, 6.07) is 11.2.